The van der Waals surface area contributed by atoms with E-state index >= 15 is 0 Å². The molecule has 2 aromatic rings. The Morgan fingerprint density at radius 2 is 1.64 bits per heavy atom. The second-order valence-corrected chi connectivity index (χ2v) is 8.56. The molecule has 5 nitrogen and oxygen atoms in total. The molecule has 0 amide bonds. The smallest absolute Gasteiger partial charge is 0.0596 e. The van der Waals surface area contributed by atoms with Crippen LogP contribution in [0.1, 0.15) is 24.0 Å². The van der Waals surface area contributed by atoms with E-state index in [1.165, 1.54) is 5.56 Å². The highest BCUT2D eigenvalue weighted by Gasteiger charge is 2.36. The first kappa shape index (κ1) is 16.9. The van der Waals surface area contributed by atoms with Crippen molar-refractivity contribution in [2.24, 2.45) is 0 Å². The van der Waals surface area contributed by atoms with E-state index in [1.54, 1.807) is 0 Å². The number of hydrogen-bond acceptors (Lipinski definition) is 5. The van der Waals surface area contributed by atoms with Gasteiger partial charge in [0.05, 0.1) is 5.69 Å². The Hall–Kier alpha value is -1.57. The minimum Gasteiger partial charge on any atom is -0.299 e. The third-order valence-electron chi connectivity index (χ3n) is 5.13. The molecule has 2 aromatic carbocycles. The van der Waals surface area contributed by atoms with Crippen LogP contribution in [-0.2, 0) is 13.1 Å². The van der Waals surface area contributed by atoms with E-state index in [2.05, 4.69) is 40.0 Å². The van der Waals surface area contributed by atoms with E-state index in [9.17, 15) is 9.11 Å². The van der Waals surface area contributed by atoms with Crippen LogP contribution in [0.3, 0.4) is 0 Å². The number of nitrogens with zero attached hydrogens (tertiary/aromatic N) is 2. The van der Waals surface area contributed by atoms with E-state index in [0.29, 0.717) is 6.54 Å². The summed E-state index contributed by atoms with van der Waals surface area (Å²) in [5.41, 5.74) is 3.29. The quantitative estimate of drug-likeness (QED) is 0.768. The van der Waals surface area contributed by atoms with E-state index in [-0.39, 0.29) is 6.04 Å². The normalized spacial score (nSPS) is 22.8. The van der Waals surface area contributed by atoms with Crippen molar-refractivity contribution in [3.63, 3.8) is 0 Å². The van der Waals surface area contributed by atoms with Crippen molar-refractivity contribution in [1.29, 1.82) is 0 Å². The third kappa shape index (κ3) is 3.68. The second-order valence-electron chi connectivity index (χ2n) is 6.85. The monoisotopic (exact) mass is 359 g/mol. The van der Waals surface area contributed by atoms with Crippen molar-refractivity contribution in [2.45, 2.75) is 32.0 Å². The highest BCUT2D eigenvalue weighted by atomic mass is 32.3. The van der Waals surface area contributed by atoms with E-state index in [1.807, 2.05) is 28.6 Å². The van der Waals surface area contributed by atoms with Gasteiger partial charge in [-0.25, -0.2) is 0 Å². The number of fused-ring (bicyclic) bond motifs is 1. The molecule has 0 aromatic heterocycles. The number of para-hydroxylation sites is 1. The van der Waals surface area contributed by atoms with Crippen LogP contribution >= 0.6 is 11.0 Å². The van der Waals surface area contributed by atoms with Crippen LogP contribution < -0.4 is 4.72 Å². The number of hydrogen-bond donors (Lipinski definition) is 3. The Labute approximate surface area is 150 Å². The van der Waals surface area contributed by atoms with Crippen molar-refractivity contribution in [1.82, 2.24) is 9.21 Å². The Balaban J connectivity index is 1.40. The minimum atomic E-state index is -2.95. The second kappa shape index (κ2) is 6.97. The van der Waals surface area contributed by atoms with Crippen LogP contribution in [0, 0.1) is 0 Å². The van der Waals surface area contributed by atoms with Crippen molar-refractivity contribution in [2.75, 3.05) is 17.8 Å². The highest BCUT2D eigenvalue weighted by molar-refractivity contribution is 8.23. The predicted octanol–water partition coefficient (Wildman–Crippen LogP) is 4.16. The lowest BCUT2D eigenvalue weighted by atomic mass is 10.0. The van der Waals surface area contributed by atoms with Gasteiger partial charge in [0.2, 0.25) is 0 Å². The Morgan fingerprint density at radius 3 is 2.40 bits per heavy atom. The average molecular weight is 359 g/mol. The first-order chi connectivity index (χ1) is 12.1. The molecule has 25 heavy (non-hydrogen) atoms. The molecular formula is C19H25N3O2S. The number of piperidine rings is 1. The standard InChI is InChI=1S/C19H25N3O2S/c23-25(24)20-19-9-5-4-8-17(19)15-22(25)18-10-12-21(13-11-18)14-16-6-2-1-3-7-16/h1-9,18,20,23-24H,10-15H2. The molecule has 134 valence electrons. The van der Waals surface area contributed by atoms with E-state index in [4.69, 9.17) is 0 Å². The van der Waals surface area contributed by atoms with Gasteiger partial charge in [-0.1, -0.05) is 59.5 Å². The molecule has 0 spiro atoms. The molecule has 0 atom stereocenters. The van der Waals surface area contributed by atoms with Crippen molar-refractivity contribution >= 4 is 16.6 Å². The summed E-state index contributed by atoms with van der Waals surface area (Å²) in [4.78, 5) is 2.45. The van der Waals surface area contributed by atoms with Gasteiger partial charge in [0.1, 0.15) is 0 Å². The molecule has 3 N–H and O–H groups in total. The fourth-order valence-electron chi connectivity index (χ4n) is 3.77. The number of nitrogens with one attached hydrogen (secondary N) is 1. The van der Waals surface area contributed by atoms with Gasteiger partial charge >= 0.3 is 0 Å². The average Bonchev–Trinajstić information content (AvgIpc) is 2.62. The molecule has 0 radical (unpaired) electrons. The Bertz CT molecular complexity index is 718. The molecular weight excluding hydrogens is 334 g/mol. The summed E-state index contributed by atoms with van der Waals surface area (Å²) in [7, 11) is -2.95. The highest BCUT2D eigenvalue weighted by Crippen LogP contribution is 2.51. The van der Waals surface area contributed by atoms with Gasteiger partial charge in [-0.15, -0.1) is 0 Å². The van der Waals surface area contributed by atoms with Gasteiger partial charge in [-0.2, -0.15) is 4.31 Å². The molecule has 0 saturated carbocycles. The largest absolute Gasteiger partial charge is 0.299 e. The maximum Gasteiger partial charge on any atom is 0.0596 e. The number of benzene rings is 2. The van der Waals surface area contributed by atoms with Crippen LogP contribution in [0.25, 0.3) is 0 Å². The lowest BCUT2D eigenvalue weighted by molar-refractivity contribution is 0.143. The van der Waals surface area contributed by atoms with Crippen molar-refractivity contribution in [3.05, 3.63) is 65.7 Å². The summed E-state index contributed by atoms with van der Waals surface area (Å²) in [5.74, 6) is 0. The maximum absolute atomic E-state index is 10.6. The van der Waals surface area contributed by atoms with Crippen molar-refractivity contribution in [3.8, 4) is 0 Å². The molecule has 2 aliphatic rings. The molecule has 0 aliphatic carbocycles. The van der Waals surface area contributed by atoms with Gasteiger partial charge < -0.3 is 0 Å². The van der Waals surface area contributed by atoms with Gasteiger partial charge in [0.15, 0.2) is 0 Å². The van der Waals surface area contributed by atoms with Gasteiger partial charge in [-0.3, -0.25) is 18.7 Å². The maximum atomic E-state index is 10.6. The van der Waals surface area contributed by atoms with E-state index < -0.39 is 11.0 Å². The fourth-order valence-corrected chi connectivity index (χ4v) is 5.32. The molecule has 2 heterocycles. The lowest BCUT2D eigenvalue weighted by Gasteiger charge is -2.51. The van der Waals surface area contributed by atoms with Crippen LogP contribution in [0.2, 0.25) is 0 Å². The zero-order valence-electron chi connectivity index (χ0n) is 14.2. The van der Waals surface area contributed by atoms with E-state index in [0.717, 1.165) is 43.7 Å². The van der Waals surface area contributed by atoms with Gasteiger partial charge in [0, 0.05) is 32.2 Å². The molecule has 4 rings (SSSR count). The van der Waals surface area contributed by atoms with Crippen molar-refractivity contribution < 1.29 is 9.11 Å². The topological polar surface area (TPSA) is 59.0 Å². The SMILES string of the molecule is OS1(O)Nc2ccccc2CN1C1CCN(Cc2ccccc2)CC1. The predicted molar refractivity (Wildman–Crippen MR) is 103 cm³/mol. The molecule has 6 heteroatoms. The summed E-state index contributed by atoms with van der Waals surface area (Å²) in [6, 6.07) is 18.6. The zero-order chi connectivity index (χ0) is 17.3. The third-order valence-corrected chi connectivity index (χ3v) is 6.71. The summed E-state index contributed by atoms with van der Waals surface area (Å²) < 4.78 is 26.0. The molecule has 1 saturated heterocycles. The summed E-state index contributed by atoms with van der Waals surface area (Å²) in [6.45, 7) is 3.51. The molecule has 0 bridgehead atoms. The summed E-state index contributed by atoms with van der Waals surface area (Å²) >= 11 is 0. The lowest BCUT2D eigenvalue weighted by Crippen LogP contribution is -2.48. The van der Waals surface area contributed by atoms with Gasteiger partial charge in [0.25, 0.3) is 0 Å². The first-order valence-corrected chi connectivity index (χ1v) is 10.3. The zero-order valence-corrected chi connectivity index (χ0v) is 15.0. The van der Waals surface area contributed by atoms with Crippen LogP contribution in [0.4, 0.5) is 5.69 Å². The Kier molecular flexibility index (Phi) is 4.71. The number of rotatable bonds is 3. The number of anilines is 1. The molecule has 0 unspecified atom stereocenters. The fraction of sp³-hybridized carbons (Fsp3) is 0.368. The summed E-state index contributed by atoms with van der Waals surface area (Å²) in [6.07, 6.45) is 1.90. The van der Waals surface area contributed by atoms with Gasteiger partial charge in [-0.05, 0) is 30.0 Å². The Morgan fingerprint density at radius 1 is 0.960 bits per heavy atom. The minimum absolute atomic E-state index is 0.192. The number of likely N-dealkylation sites (tertiary alicyclic amines) is 1. The van der Waals surface area contributed by atoms with Crippen LogP contribution in [0.5, 0.6) is 0 Å². The molecule has 1 fully saturated rings. The summed E-state index contributed by atoms with van der Waals surface area (Å²) in [5, 5.41) is 0. The molecule has 2 aliphatic heterocycles. The first-order valence-electron chi connectivity index (χ1n) is 8.79. The van der Waals surface area contributed by atoms with Crippen LogP contribution in [0.15, 0.2) is 54.6 Å². The van der Waals surface area contributed by atoms with Crippen LogP contribution in [-0.4, -0.2) is 37.4 Å².